The molecule has 0 bridgehead atoms. The van der Waals surface area contributed by atoms with E-state index in [1.807, 2.05) is 45.0 Å². The van der Waals surface area contributed by atoms with Crippen LogP contribution in [0.3, 0.4) is 0 Å². The number of hydrogen-bond acceptors (Lipinski definition) is 3. The van der Waals surface area contributed by atoms with Crippen LogP contribution in [-0.4, -0.2) is 29.4 Å². The van der Waals surface area contributed by atoms with Gasteiger partial charge in [-0.2, -0.15) is 5.10 Å². The molecule has 2 aromatic rings. The summed E-state index contributed by atoms with van der Waals surface area (Å²) in [5.74, 6) is 0.769. The number of ether oxygens (including phenoxy) is 1. The first-order valence-electron chi connectivity index (χ1n) is 7.21. The quantitative estimate of drug-likeness (QED) is 0.794. The Labute approximate surface area is 130 Å². The maximum absolute atomic E-state index is 12.0. The fraction of sp³-hybridized carbons (Fsp3) is 0.375. The summed E-state index contributed by atoms with van der Waals surface area (Å²) >= 11 is 0. The first-order valence-corrected chi connectivity index (χ1v) is 7.21. The molecule has 0 radical (unpaired) electrons. The molecule has 2 rings (SSSR count). The van der Waals surface area contributed by atoms with Gasteiger partial charge in [-0.1, -0.05) is 0 Å². The molecule has 0 aliphatic carbocycles. The smallest absolute Gasteiger partial charge is 0.319 e. The topological polar surface area (TPSA) is 79.0 Å². The van der Waals surface area contributed by atoms with Gasteiger partial charge in [0.15, 0.2) is 0 Å². The Morgan fingerprint density at radius 3 is 2.73 bits per heavy atom. The fourth-order valence-corrected chi connectivity index (χ4v) is 2.23. The van der Waals surface area contributed by atoms with Gasteiger partial charge in [-0.3, -0.25) is 5.10 Å². The Kier molecular flexibility index (Phi) is 5.04. The molecule has 0 aliphatic rings. The van der Waals surface area contributed by atoms with Crippen molar-refractivity contribution in [3.63, 3.8) is 0 Å². The molecule has 2 amide bonds. The van der Waals surface area contributed by atoms with Gasteiger partial charge in [0.05, 0.1) is 12.8 Å². The van der Waals surface area contributed by atoms with Crippen molar-refractivity contribution in [3.8, 4) is 5.75 Å². The molecule has 22 heavy (non-hydrogen) atoms. The van der Waals surface area contributed by atoms with E-state index < -0.39 is 0 Å². The van der Waals surface area contributed by atoms with E-state index in [1.54, 1.807) is 7.11 Å². The number of anilines is 1. The maximum Gasteiger partial charge on any atom is 0.319 e. The van der Waals surface area contributed by atoms with Gasteiger partial charge in [0, 0.05) is 23.8 Å². The summed E-state index contributed by atoms with van der Waals surface area (Å²) in [4.78, 5) is 12.0. The van der Waals surface area contributed by atoms with Gasteiger partial charge in [-0.25, -0.2) is 4.79 Å². The summed E-state index contributed by atoms with van der Waals surface area (Å²) in [6.07, 6.45) is 0.680. The zero-order chi connectivity index (χ0) is 16.1. The highest BCUT2D eigenvalue weighted by atomic mass is 16.5. The second-order valence-corrected chi connectivity index (χ2v) is 5.43. The van der Waals surface area contributed by atoms with Crippen LogP contribution in [0.25, 0.3) is 0 Å². The van der Waals surface area contributed by atoms with Crippen LogP contribution in [0.5, 0.6) is 5.75 Å². The Balaban J connectivity index is 1.89. The van der Waals surface area contributed by atoms with Gasteiger partial charge in [0.1, 0.15) is 5.75 Å². The van der Waals surface area contributed by atoms with Gasteiger partial charge < -0.3 is 15.4 Å². The monoisotopic (exact) mass is 302 g/mol. The normalized spacial score (nSPS) is 11.8. The van der Waals surface area contributed by atoms with Crippen LogP contribution in [0.1, 0.15) is 23.9 Å². The standard InChI is InChI=1S/C16H22N4O2/c1-10-7-14(22-4)5-6-15(10)18-16(21)17-11(2)8-13-9-12(3)19-20-13/h5-7,9,11H,8H2,1-4H3,(H,19,20)(H2,17,18,21)/t11-/m1/s1. The molecule has 3 N–H and O–H groups in total. The second kappa shape index (κ2) is 6.98. The van der Waals surface area contributed by atoms with E-state index in [1.165, 1.54) is 0 Å². The SMILES string of the molecule is COc1ccc(NC(=O)N[C@H](C)Cc2cc(C)[nH]n2)c(C)c1. The Hall–Kier alpha value is -2.50. The molecule has 1 aromatic heterocycles. The highest BCUT2D eigenvalue weighted by Crippen LogP contribution is 2.20. The lowest BCUT2D eigenvalue weighted by atomic mass is 10.2. The van der Waals surface area contributed by atoms with Crippen LogP contribution in [-0.2, 0) is 6.42 Å². The second-order valence-electron chi connectivity index (χ2n) is 5.43. The number of carbonyl (C=O) groups is 1. The summed E-state index contributed by atoms with van der Waals surface area (Å²) in [6.45, 7) is 5.83. The summed E-state index contributed by atoms with van der Waals surface area (Å²) < 4.78 is 5.15. The summed E-state index contributed by atoms with van der Waals surface area (Å²) in [6, 6.07) is 7.26. The zero-order valence-electron chi connectivity index (χ0n) is 13.4. The molecule has 1 atom stereocenters. The largest absolute Gasteiger partial charge is 0.497 e. The molecule has 6 nitrogen and oxygen atoms in total. The average molecular weight is 302 g/mol. The van der Waals surface area contributed by atoms with Crippen LogP contribution in [0.2, 0.25) is 0 Å². The Morgan fingerprint density at radius 2 is 2.14 bits per heavy atom. The third-order valence-electron chi connectivity index (χ3n) is 3.33. The number of methoxy groups -OCH3 is 1. The van der Waals surface area contributed by atoms with Crippen LogP contribution < -0.4 is 15.4 Å². The highest BCUT2D eigenvalue weighted by molar-refractivity contribution is 5.90. The molecule has 0 fully saturated rings. The minimum Gasteiger partial charge on any atom is -0.497 e. The van der Waals surface area contributed by atoms with Crippen LogP contribution in [0, 0.1) is 13.8 Å². The van der Waals surface area contributed by atoms with E-state index in [9.17, 15) is 4.79 Å². The third-order valence-corrected chi connectivity index (χ3v) is 3.33. The first-order chi connectivity index (χ1) is 10.5. The lowest BCUT2D eigenvalue weighted by molar-refractivity contribution is 0.249. The predicted molar refractivity (Wildman–Crippen MR) is 86.4 cm³/mol. The lowest BCUT2D eigenvalue weighted by Gasteiger charge is -2.15. The molecular weight excluding hydrogens is 280 g/mol. The highest BCUT2D eigenvalue weighted by Gasteiger charge is 2.11. The van der Waals surface area contributed by atoms with Crippen molar-refractivity contribution in [2.24, 2.45) is 0 Å². The molecule has 0 aliphatic heterocycles. The van der Waals surface area contributed by atoms with Crippen molar-refractivity contribution in [3.05, 3.63) is 41.2 Å². The van der Waals surface area contributed by atoms with Crippen molar-refractivity contribution in [2.45, 2.75) is 33.2 Å². The molecule has 1 aromatic carbocycles. The summed E-state index contributed by atoms with van der Waals surface area (Å²) in [5.41, 5.74) is 3.66. The number of carbonyl (C=O) groups excluding carboxylic acids is 1. The molecule has 118 valence electrons. The van der Waals surface area contributed by atoms with Gasteiger partial charge in [-0.15, -0.1) is 0 Å². The number of aryl methyl sites for hydroxylation is 2. The van der Waals surface area contributed by atoms with Crippen molar-refractivity contribution in [1.82, 2.24) is 15.5 Å². The van der Waals surface area contributed by atoms with Gasteiger partial charge in [0.25, 0.3) is 0 Å². The Morgan fingerprint density at radius 1 is 1.36 bits per heavy atom. The summed E-state index contributed by atoms with van der Waals surface area (Å²) in [5, 5.41) is 12.8. The minimum atomic E-state index is -0.229. The van der Waals surface area contributed by atoms with Crippen molar-refractivity contribution in [1.29, 1.82) is 0 Å². The number of aromatic nitrogens is 2. The number of rotatable bonds is 5. The van der Waals surface area contributed by atoms with Crippen LogP contribution in [0.15, 0.2) is 24.3 Å². The van der Waals surface area contributed by atoms with E-state index in [0.717, 1.165) is 28.4 Å². The molecular formula is C16H22N4O2. The van der Waals surface area contributed by atoms with E-state index in [2.05, 4.69) is 20.8 Å². The molecule has 0 saturated carbocycles. The molecule has 0 saturated heterocycles. The van der Waals surface area contributed by atoms with E-state index in [4.69, 9.17) is 4.74 Å². The van der Waals surface area contributed by atoms with Crippen molar-refractivity contribution < 1.29 is 9.53 Å². The van der Waals surface area contributed by atoms with E-state index in [-0.39, 0.29) is 12.1 Å². The number of nitrogens with zero attached hydrogens (tertiary/aromatic N) is 1. The number of urea groups is 1. The Bertz CT molecular complexity index is 651. The maximum atomic E-state index is 12.0. The third kappa shape index (κ3) is 4.25. The summed E-state index contributed by atoms with van der Waals surface area (Å²) in [7, 11) is 1.62. The number of amides is 2. The number of benzene rings is 1. The minimum absolute atomic E-state index is 0.0127. The van der Waals surface area contributed by atoms with Crippen LogP contribution >= 0.6 is 0 Å². The molecule has 0 unspecified atom stereocenters. The first kappa shape index (κ1) is 15.9. The van der Waals surface area contributed by atoms with E-state index in [0.29, 0.717) is 6.42 Å². The number of H-pyrrole nitrogens is 1. The van der Waals surface area contributed by atoms with Crippen LogP contribution in [0.4, 0.5) is 10.5 Å². The van der Waals surface area contributed by atoms with Gasteiger partial charge in [0.2, 0.25) is 0 Å². The lowest BCUT2D eigenvalue weighted by Crippen LogP contribution is -2.37. The molecule has 1 heterocycles. The molecule has 6 heteroatoms. The predicted octanol–water partition coefficient (Wildman–Crippen LogP) is 2.79. The molecule has 0 spiro atoms. The van der Waals surface area contributed by atoms with Gasteiger partial charge >= 0.3 is 6.03 Å². The number of aromatic amines is 1. The number of nitrogens with one attached hydrogen (secondary N) is 3. The average Bonchev–Trinajstić information content (AvgIpc) is 2.86. The fourth-order valence-electron chi connectivity index (χ4n) is 2.23. The van der Waals surface area contributed by atoms with Crippen molar-refractivity contribution in [2.75, 3.05) is 12.4 Å². The van der Waals surface area contributed by atoms with E-state index >= 15 is 0 Å². The zero-order valence-corrected chi connectivity index (χ0v) is 13.4. The number of hydrogen-bond donors (Lipinski definition) is 3. The van der Waals surface area contributed by atoms with Gasteiger partial charge in [-0.05, 0) is 50.6 Å². The van der Waals surface area contributed by atoms with Crippen molar-refractivity contribution >= 4 is 11.7 Å².